The van der Waals surface area contributed by atoms with Crippen molar-refractivity contribution in [3.8, 4) is 11.8 Å². The van der Waals surface area contributed by atoms with Crippen LogP contribution in [-0.4, -0.2) is 51.3 Å². The highest BCUT2D eigenvalue weighted by atomic mass is 19.4. The van der Waals surface area contributed by atoms with Crippen molar-refractivity contribution in [2.75, 3.05) is 41.3 Å². The molecule has 3 N–H and O–H groups in total. The lowest BCUT2D eigenvalue weighted by Crippen LogP contribution is -2.47. The van der Waals surface area contributed by atoms with Gasteiger partial charge in [0.2, 0.25) is 0 Å². The van der Waals surface area contributed by atoms with Crippen LogP contribution in [0.15, 0.2) is 48.5 Å². The van der Waals surface area contributed by atoms with E-state index in [-0.39, 0.29) is 22.7 Å². The molecule has 0 amide bonds. The van der Waals surface area contributed by atoms with Crippen LogP contribution in [0.2, 0.25) is 0 Å². The Hall–Kier alpha value is -4.88. The van der Waals surface area contributed by atoms with Gasteiger partial charge in [-0.1, -0.05) is 6.07 Å². The van der Waals surface area contributed by atoms with Gasteiger partial charge in [0.05, 0.1) is 11.1 Å². The molecule has 0 radical (unpaired) electrons. The zero-order valence-corrected chi connectivity index (χ0v) is 22.5. The molecule has 218 valence electrons. The molecule has 6 rings (SSSR count). The predicted octanol–water partition coefficient (Wildman–Crippen LogP) is 6.46. The van der Waals surface area contributed by atoms with E-state index in [1.807, 2.05) is 16.7 Å². The van der Waals surface area contributed by atoms with Crippen molar-refractivity contribution in [3.63, 3.8) is 0 Å². The SMILES string of the molecule is Cc1cc(Nc2cc(N3CCN(c4cccc(C(F)(F)F)c4)CC3)nc(Oc3cc(F)c4[nH]c(C)cc4c3F)n2)n[nH]1. The fourth-order valence-corrected chi connectivity index (χ4v) is 4.88. The number of halogens is 5. The number of nitrogens with one attached hydrogen (secondary N) is 3. The van der Waals surface area contributed by atoms with Crippen LogP contribution in [0.3, 0.4) is 0 Å². The summed E-state index contributed by atoms with van der Waals surface area (Å²) in [5, 5.41) is 10.1. The van der Waals surface area contributed by atoms with Crippen LogP contribution in [0.5, 0.6) is 11.8 Å². The largest absolute Gasteiger partial charge is 0.421 e. The molecule has 2 aromatic carbocycles. The van der Waals surface area contributed by atoms with Gasteiger partial charge < -0.3 is 24.8 Å². The number of hydrogen-bond acceptors (Lipinski definition) is 7. The number of aryl methyl sites for hydroxylation is 2. The Bertz CT molecular complexity index is 1760. The number of fused-ring (bicyclic) bond motifs is 1. The molecule has 0 unspecified atom stereocenters. The molecule has 9 nitrogen and oxygen atoms in total. The van der Waals surface area contributed by atoms with Gasteiger partial charge in [0.1, 0.15) is 11.6 Å². The molecule has 3 aromatic heterocycles. The van der Waals surface area contributed by atoms with Crippen molar-refractivity contribution < 1.29 is 26.7 Å². The molecule has 0 bridgehead atoms. The highest BCUT2D eigenvalue weighted by molar-refractivity contribution is 5.83. The molecule has 5 aromatic rings. The lowest BCUT2D eigenvalue weighted by atomic mass is 10.1. The second kappa shape index (κ2) is 10.5. The zero-order valence-electron chi connectivity index (χ0n) is 22.5. The minimum Gasteiger partial charge on any atom is -0.421 e. The maximum Gasteiger partial charge on any atom is 0.416 e. The minimum atomic E-state index is -4.43. The van der Waals surface area contributed by atoms with Crippen LogP contribution in [0, 0.1) is 25.5 Å². The van der Waals surface area contributed by atoms with Gasteiger partial charge in [-0.2, -0.15) is 28.2 Å². The molecule has 0 spiro atoms. The standard InChI is InChI=1S/C28H25F5N8O/c1-15-10-19-25(30)21(13-20(29)26(19)34-15)42-27-36-22(35-23-11-16(2)38-39-23)14-24(37-27)41-8-6-40(7-9-41)18-5-3-4-17(12-18)28(31,32)33/h3-5,10-14,34H,6-9H2,1-2H3,(H2,35,36,37,38,39). The van der Waals surface area contributed by atoms with Gasteiger partial charge in [0.15, 0.2) is 23.2 Å². The van der Waals surface area contributed by atoms with Crippen molar-refractivity contribution >= 4 is 34.0 Å². The van der Waals surface area contributed by atoms with Gasteiger partial charge in [0.25, 0.3) is 0 Å². The number of ether oxygens (including phenoxy) is 1. The van der Waals surface area contributed by atoms with Gasteiger partial charge in [-0.3, -0.25) is 5.10 Å². The maximum absolute atomic E-state index is 15.3. The smallest absolute Gasteiger partial charge is 0.416 e. The van der Waals surface area contributed by atoms with Crippen LogP contribution < -0.4 is 19.9 Å². The zero-order chi connectivity index (χ0) is 29.6. The Morgan fingerprint density at radius 2 is 1.64 bits per heavy atom. The molecule has 1 aliphatic rings. The fraction of sp³-hybridized carbons (Fsp3) is 0.250. The molecule has 14 heteroatoms. The Labute approximate surface area is 236 Å². The molecule has 1 fully saturated rings. The van der Waals surface area contributed by atoms with E-state index in [0.717, 1.165) is 23.9 Å². The first kappa shape index (κ1) is 27.3. The molecule has 1 saturated heterocycles. The number of piperazine rings is 1. The summed E-state index contributed by atoms with van der Waals surface area (Å²) in [4.78, 5) is 15.4. The van der Waals surface area contributed by atoms with E-state index in [9.17, 15) is 17.6 Å². The lowest BCUT2D eigenvalue weighted by Gasteiger charge is -2.37. The number of alkyl halides is 3. The van der Waals surface area contributed by atoms with Gasteiger partial charge in [0, 0.05) is 66.8 Å². The summed E-state index contributed by atoms with van der Waals surface area (Å²) in [6.45, 7) is 5.21. The van der Waals surface area contributed by atoms with E-state index in [1.54, 1.807) is 25.1 Å². The second-order valence-electron chi connectivity index (χ2n) is 9.99. The topological polar surface area (TPSA) is 98.0 Å². The number of benzene rings is 2. The van der Waals surface area contributed by atoms with Crippen molar-refractivity contribution in [1.82, 2.24) is 25.1 Å². The van der Waals surface area contributed by atoms with Crippen molar-refractivity contribution in [1.29, 1.82) is 0 Å². The Morgan fingerprint density at radius 3 is 2.36 bits per heavy atom. The molecular formula is C28H25F5N8O. The van der Waals surface area contributed by atoms with Crippen LogP contribution in [0.4, 0.5) is 45.1 Å². The van der Waals surface area contributed by atoms with Crippen LogP contribution >= 0.6 is 0 Å². The fourth-order valence-electron chi connectivity index (χ4n) is 4.88. The van der Waals surface area contributed by atoms with Crippen LogP contribution in [0.25, 0.3) is 10.9 Å². The van der Waals surface area contributed by atoms with E-state index in [1.165, 1.54) is 12.1 Å². The predicted molar refractivity (Wildman–Crippen MR) is 148 cm³/mol. The Morgan fingerprint density at radius 1 is 0.881 bits per heavy atom. The second-order valence-corrected chi connectivity index (χ2v) is 9.99. The summed E-state index contributed by atoms with van der Waals surface area (Å²) in [6, 6.07) is 10.8. The van der Waals surface area contributed by atoms with Crippen molar-refractivity contribution in [3.05, 3.63) is 77.1 Å². The van der Waals surface area contributed by atoms with Gasteiger partial charge in [-0.25, -0.2) is 8.78 Å². The third kappa shape index (κ3) is 5.51. The van der Waals surface area contributed by atoms with E-state index in [2.05, 4.69) is 30.5 Å². The molecule has 1 aliphatic heterocycles. The number of nitrogens with zero attached hydrogens (tertiary/aromatic N) is 5. The Kier molecular flexibility index (Phi) is 6.83. The average Bonchev–Trinajstić information content (AvgIpc) is 3.56. The number of aromatic amines is 2. The minimum absolute atomic E-state index is 0.0296. The summed E-state index contributed by atoms with van der Waals surface area (Å²) in [7, 11) is 0. The summed E-state index contributed by atoms with van der Waals surface area (Å²) < 4.78 is 75.4. The quantitative estimate of drug-likeness (QED) is 0.197. The Balaban J connectivity index is 1.28. The summed E-state index contributed by atoms with van der Waals surface area (Å²) >= 11 is 0. The maximum atomic E-state index is 15.3. The van der Waals surface area contributed by atoms with E-state index in [0.29, 0.717) is 55.0 Å². The lowest BCUT2D eigenvalue weighted by molar-refractivity contribution is -0.137. The van der Waals surface area contributed by atoms with Gasteiger partial charge >= 0.3 is 12.2 Å². The number of aromatic nitrogens is 5. The normalized spacial score (nSPS) is 14.1. The van der Waals surface area contributed by atoms with Crippen LogP contribution in [-0.2, 0) is 6.18 Å². The van der Waals surface area contributed by atoms with Gasteiger partial charge in [-0.15, -0.1) is 0 Å². The third-order valence-corrected chi connectivity index (χ3v) is 6.90. The first-order valence-electron chi connectivity index (χ1n) is 13.0. The highest BCUT2D eigenvalue weighted by Crippen LogP contribution is 2.34. The summed E-state index contributed by atoms with van der Waals surface area (Å²) in [5.41, 5.74) is 1.19. The van der Waals surface area contributed by atoms with Gasteiger partial charge in [-0.05, 0) is 38.1 Å². The number of rotatable bonds is 6. The van der Waals surface area contributed by atoms with E-state index in [4.69, 9.17) is 4.74 Å². The highest BCUT2D eigenvalue weighted by Gasteiger charge is 2.31. The average molecular weight is 585 g/mol. The van der Waals surface area contributed by atoms with Crippen molar-refractivity contribution in [2.45, 2.75) is 20.0 Å². The van der Waals surface area contributed by atoms with E-state index >= 15 is 4.39 Å². The number of anilines is 4. The molecule has 4 heterocycles. The van der Waals surface area contributed by atoms with Crippen molar-refractivity contribution in [2.24, 2.45) is 0 Å². The molecule has 0 aliphatic carbocycles. The molecule has 42 heavy (non-hydrogen) atoms. The van der Waals surface area contributed by atoms with Crippen LogP contribution in [0.1, 0.15) is 17.0 Å². The summed E-state index contributed by atoms with van der Waals surface area (Å²) in [6.07, 6.45) is -4.43. The molecular weight excluding hydrogens is 559 g/mol. The monoisotopic (exact) mass is 584 g/mol. The first-order chi connectivity index (χ1) is 20.0. The third-order valence-electron chi connectivity index (χ3n) is 6.90. The molecule has 0 saturated carbocycles. The molecule has 0 atom stereocenters. The summed E-state index contributed by atoms with van der Waals surface area (Å²) in [5.74, 6) is -0.649. The first-order valence-corrected chi connectivity index (χ1v) is 13.0. The van der Waals surface area contributed by atoms with E-state index < -0.39 is 23.4 Å². The number of H-pyrrole nitrogens is 2. The number of hydrogen-bond donors (Lipinski definition) is 3.